The van der Waals surface area contributed by atoms with E-state index in [1.807, 2.05) is 29.2 Å². The minimum absolute atomic E-state index is 0.00106. The molecule has 0 bridgehead atoms. The lowest BCUT2D eigenvalue weighted by Gasteiger charge is -2.28. The lowest BCUT2D eigenvalue weighted by atomic mass is 10.1. The Hall–Kier alpha value is -2.86. The van der Waals surface area contributed by atoms with E-state index in [1.165, 1.54) is 26.2 Å². The first-order valence-electron chi connectivity index (χ1n) is 10.2. The summed E-state index contributed by atoms with van der Waals surface area (Å²) in [5.41, 5.74) is 2.51. The number of benzene rings is 1. The summed E-state index contributed by atoms with van der Waals surface area (Å²) < 4.78 is 10.7. The number of furan rings is 1. The standard InChI is InChI=1S/C23H26N2O4/c1-17(26)28-16-19-10-9-18(29-19)15-21-20-7-3-4-8-22(20)25(23(21)27)14-13-24-11-5-2-6-12-24/h3-4,7-10,15H,2,5-6,11-14,16H2,1H3/b21-15-. The summed E-state index contributed by atoms with van der Waals surface area (Å²) in [6, 6.07) is 11.4. The summed E-state index contributed by atoms with van der Waals surface area (Å²) >= 11 is 0. The van der Waals surface area contributed by atoms with Crippen LogP contribution in [0.3, 0.4) is 0 Å². The number of carbonyl (C=O) groups excluding carboxylic acids is 2. The van der Waals surface area contributed by atoms with Gasteiger partial charge in [-0.2, -0.15) is 0 Å². The zero-order valence-electron chi connectivity index (χ0n) is 16.7. The summed E-state index contributed by atoms with van der Waals surface area (Å²) in [5, 5.41) is 0. The molecule has 3 heterocycles. The minimum Gasteiger partial charge on any atom is -0.458 e. The number of esters is 1. The molecule has 0 atom stereocenters. The van der Waals surface area contributed by atoms with Crippen molar-refractivity contribution in [2.24, 2.45) is 0 Å². The van der Waals surface area contributed by atoms with Gasteiger partial charge in [-0.3, -0.25) is 9.59 Å². The van der Waals surface area contributed by atoms with Gasteiger partial charge in [0.25, 0.3) is 5.91 Å². The van der Waals surface area contributed by atoms with Gasteiger partial charge in [0.1, 0.15) is 18.1 Å². The summed E-state index contributed by atoms with van der Waals surface area (Å²) in [6.45, 7) is 5.25. The first-order valence-corrected chi connectivity index (χ1v) is 10.2. The number of likely N-dealkylation sites (tertiary alicyclic amines) is 1. The van der Waals surface area contributed by atoms with Crippen LogP contribution in [0.5, 0.6) is 0 Å². The molecule has 2 aromatic rings. The summed E-state index contributed by atoms with van der Waals surface area (Å²) in [7, 11) is 0. The molecule has 1 fully saturated rings. The fourth-order valence-corrected chi connectivity index (χ4v) is 3.96. The number of anilines is 1. The van der Waals surface area contributed by atoms with Crippen LogP contribution in [0.4, 0.5) is 5.69 Å². The van der Waals surface area contributed by atoms with Crippen molar-refractivity contribution in [3.8, 4) is 0 Å². The highest BCUT2D eigenvalue weighted by Crippen LogP contribution is 2.37. The topological polar surface area (TPSA) is 63.0 Å². The van der Waals surface area contributed by atoms with E-state index in [4.69, 9.17) is 9.15 Å². The Balaban J connectivity index is 1.52. The number of rotatable bonds is 6. The molecular formula is C23H26N2O4. The summed E-state index contributed by atoms with van der Waals surface area (Å²) in [4.78, 5) is 28.5. The number of carbonyl (C=O) groups is 2. The maximum absolute atomic E-state index is 13.2. The van der Waals surface area contributed by atoms with E-state index in [1.54, 1.807) is 18.2 Å². The predicted molar refractivity (Wildman–Crippen MR) is 111 cm³/mol. The van der Waals surface area contributed by atoms with Gasteiger partial charge in [0, 0.05) is 25.6 Å². The Kier molecular flexibility index (Phi) is 5.81. The van der Waals surface area contributed by atoms with Crippen LogP contribution in [0.25, 0.3) is 11.6 Å². The van der Waals surface area contributed by atoms with Gasteiger partial charge in [-0.1, -0.05) is 24.6 Å². The zero-order chi connectivity index (χ0) is 20.2. The Morgan fingerprint density at radius 2 is 1.90 bits per heavy atom. The molecule has 0 aliphatic carbocycles. The van der Waals surface area contributed by atoms with Gasteiger partial charge in [0.05, 0.1) is 11.3 Å². The van der Waals surface area contributed by atoms with Crippen LogP contribution < -0.4 is 4.90 Å². The number of hydrogen-bond acceptors (Lipinski definition) is 5. The normalized spacial score (nSPS) is 18.3. The molecule has 1 amide bonds. The molecule has 0 radical (unpaired) electrons. The molecule has 6 heteroatoms. The highest BCUT2D eigenvalue weighted by atomic mass is 16.5. The summed E-state index contributed by atoms with van der Waals surface area (Å²) in [5.74, 6) is 0.766. The number of hydrogen-bond donors (Lipinski definition) is 0. The predicted octanol–water partition coefficient (Wildman–Crippen LogP) is 3.72. The van der Waals surface area contributed by atoms with Crippen molar-refractivity contribution in [3.05, 3.63) is 53.5 Å². The van der Waals surface area contributed by atoms with Gasteiger partial charge >= 0.3 is 5.97 Å². The zero-order valence-corrected chi connectivity index (χ0v) is 16.7. The molecule has 2 aliphatic rings. The van der Waals surface area contributed by atoms with E-state index in [0.717, 1.165) is 30.9 Å². The molecular weight excluding hydrogens is 368 g/mol. The molecule has 6 nitrogen and oxygen atoms in total. The smallest absolute Gasteiger partial charge is 0.303 e. The molecule has 0 N–H and O–H groups in total. The second-order valence-corrected chi connectivity index (χ2v) is 7.52. The van der Waals surface area contributed by atoms with Crippen molar-refractivity contribution in [1.82, 2.24) is 4.90 Å². The van der Waals surface area contributed by atoms with Crippen molar-refractivity contribution in [2.45, 2.75) is 32.8 Å². The van der Waals surface area contributed by atoms with Crippen LogP contribution in [0.1, 0.15) is 43.3 Å². The van der Waals surface area contributed by atoms with E-state index in [2.05, 4.69) is 4.90 Å². The largest absolute Gasteiger partial charge is 0.458 e. The van der Waals surface area contributed by atoms with Crippen LogP contribution in [-0.2, 0) is 20.9 Å². The van der Waals surface area contributed by atoms with Crippen molar-refractivity contribution in [2.75, 3.05) is 31.1 Å². The van der Waals surface area contributed by atoms with Gasteiger partial charge in [-0.25, -0.2) is 0 Å². The molecule has 0 saturated carbocycles. The molecule has 152 valence electrons. The highest BCUT2D eigenvalue weighted by molar-refractivity contribution is 6.35. The van der Waals surface area contributed by atoms with Crippen molar-refractivity contribution >= 4 is 29.2 Å². The minimum atomic E-state index is -0.356. The fraction of sp³-hybridized carbons (Fsp3) is 0.391. The molecule has 29 heavy (non-hydrogen) atoms. The van der Waals surface area contributed by atoms with E-state index >= 15 is 0 Å². The van der Waals surface area contributed by atoms with Crippen LogP contribution >= 0.6 is 0 Å². The highest BCUT2D eigenvalue weighted by Gasteiger charge is 2.32. The van der Waals surface area contributed by atoms with Crippen LogP contribution in [-0.4, -0.2) is 43.0 Å². The number of fused-ring (bicyclic) bond motifs is 1. The Bertz CT molecular complexity index is 924. The third-order valence-corrected chi connectivity index (χ3v) is 5.44. The second-order valence-electron chi connectivity index (χ2n) is 7.52. The number of piperidine rings is 1. The molecule has 1 aromatic carbocycles. The maximum atomic E-state index is 13.2. The lowest BCUT2D eigenvalue weighted by Crippen LogP contribution is -2.39. The van der Waals surface area contributed by atoms with Gasteiger partial charge in [0.2, 0.25) is 0 Å². The second kappa shape index (κ2) is 8.66. The molecule has 0 spiro atoms. The first-order chi connectivity index (χ1) is 14.1. The molecule has 1 aromatic heterocycles. The number of para-hydroxylation sites is 1. The van der Waals surface area contributed by atoms with E-state index in [0.29, 0.717) is 23.6 Å². The number of amides is 1. The van der Waals surface area contributed by atoms with Crippen molar-refractivity contribution in [3.63, 3.8) is 0 Å². The van der Waals surface area contributed by atoms with E-state index < -0.39 is 0 Å². The fourth-order valence-electron chi connectivity index (χ4n) is 3.96. The Morgan fingerprint density at radius 1 is 1.10 bits per heavy atom. The number of nitrogens with zero attached hydrogens (tertiary/aromatic N) is 2. The van der Waals surface area contributed by atoms with Crippen LogP contribution in [0.15, 0.2) is 40.8 Å². The first kappa shape index (κ1) is 19.5. The quantitative estimate of drug-likeness (QED) is 0.552. The Morgan fingerprint density at radius 3 is 2.69 bits per heavy atom. The number of ether oxygens (including phenoxy) is 1. The summed E-state index contributed by atoms with van der Waals surface area (Å²) in [6.07, 6.45) is 5.56. The van der Waals surface area contributed by atoms with Gasteiger partial charge in [-0.15, -0.1) is 0 Å². The van der Waals surface area contributed by atoms with Crippen LogP contribution in [0, 0.1) is 0 Å². The maximum Gasteiger partial charge on any atom is 0.303 e. The SMILES string of the molecule is CC(=O)OCc1ccc(/C=C2\C(=O)N(CCN3CCCCC3)c3ccccc32)o1. The molecule has 0 unspecified atom stereocenters. The molecule has 4 rings (SSSR count). The Labute approximate surface area is 170 Å². The third-order valence-electron chi connectivity index (χ3n) is 5.44. The van der Waals surface area contributed by atoms with E-state index in [-0.39, 0.29) is 18.5 Å². The molecule has 1 saturated heterocycles. The van der Waals surface area contributed by atoms with Gasteiger partial charge < -0.3 is 19.0 Å². The average molecular weight is 394 g/mol. The van der Waals surface area contributed by atoms with Gasteiger partial charge in [0.15, 0.2) is 0 Å². The monoisotopic (exact) mass is 394 g/mol. The lowest BCUT2D eigenvalue weighted by molar-refractivity contribution is -0.142. The van der Waals surface area contributed by atoms with Crippen LogP contribution in [0.2, 0.25) is 0 Å². The van der Waals surface area contributed by atoms with Crippen molar-refractivity contribution in [1.29, 1.82) is 0 Å². The van der Waals surface area contributed by atoms with E-state index in [9.17, 15) is 9.59 Å². The third kappa shape index (κ3) is 4.43. The van der Waals surface area contributed by atoms with Crippen molar-refractivity contribution < 1.29 is 18.7 Å². The average Bonchev–Trinajstić information content (AvgIpc) is 3.29. The molecule has 2 aliphatic heterocycles. The van der Waals surface area contributed by atoms with Gasteiger partial charge in [-0.05, 0) is 50.2 Å².